The van der Waals surface area contributed by atoms with Crippen LogP contribution < -0.4 is 10.5 Å². The van der Waals surface area contributed by atoms with Crippen LogP contribution in [0.4, 0.5) is 0 Å². The van der Waals surface area contributed by atoms with Crippen molar-refractivity contribution >= 4 is 23.4 Å². The highest BCUT2D eigenvalue weighted by atomic mass is 35.5. The van der Waals surface area contributed by atoms with Gasteiger partial charge < -0.3 is 10.5 Å². The Bertz CT molecular complexity index is 527. The first-order valence-corrected chi connectivity index (χ1v) is 8.55. The first kappa shape index (κ1) is 16.2. The van der Waals surface area contributed by atoms with Gasteiger partial charge in [0.05, 0.1) is 6.61 Å². The fourth-order valence-corrected chi connectivity index (χ4v) is 2.86. The van der Waals surface area contributed by atoms with Crippen molar-refractivity contribution in [3.63, 3.8) is 0 Å². The molecule has 0 aliphatic heterocycles. The van der Waals surface area contributed by atoms with E-state index in [0.717, 1.165) is 40.9 Å². The molecule has 0 aliphatic carbocycles. The molecule has 0 atom stereocenters. The van der Waals surface area contributed by atoms with Crippen molar-refractivity contribution in [1.82, 2.24) is 0 Å². The molecule has 0 saturated carbocycles. The summed E-state index contributed by atoms with van der Waals surface area (Å²) in [4.78, 5) is 0. The van der Waals surface area contributed by atoms with Crippen molar-refractivity contribution in [2.75, 3.05) is 12.4 Å². The van der Waals surface area contributed by atoms with Crippen molar-refractivity contribution in [2.24, 2.45) is 5.73 Å². The highest BCUT2D eigenvalue weighted by Gasteiger charge is 1.97. The van der Waals surface area contributed by atoms with Gasteiger partial charge in [-0.2, -0.15) is 11.8 Å². The van der Waals surface area contributed by atoms with E-state index >= 15 is 0 Å². The lowest BCUT2D eigenvalue weighted by Crippen LogP contribution is -2.00. The van der Waals surface area contributed by atoms with Crippen molar-refractivity contribution in [3.8, 4) is 5.75 Å². The van der Waals surface area contributed by atoms with Crippen molar-refractivity contribution in [2.45, 2.75) is 18.7 Å². The fourth-order valence-electron chi connectivity index (χ4n) is 1.84. The first-order chi connectivity index (χ1) is 10.3. The topological polar surface area (TPSA) is 35.2 Å². The highest BCUT2D eigenvalue weighted by Crippen LogP contribution is 2.17. The monoisotopic (exact) mass is 321 g/mol. The van der Waals surface area contributed by atoms with Gasteiger partial charge in [0.25, 0.3) is 0 Å². The largest absolute Gasteiger partial charge is 0.494 e. The number of hydrogen-bond acceptors (Lipinski definition) is 3. The number of nitrogens with two attached hydrogens (primary N) is 1. The Kier molecular flexibility index (Phi) is 6.93. The Morgan fingerprint density at radius 1 is 0.952 bits per heavy atom. The molecule has 0 heterocycles. The van der Waals surface area contributed by atoms with Gasteiger partial charge in [-0.3, -0.25) is 0 Å². The standard InChI is InChI=1S/C17H20ClNOS/c18-16-6-2-15(3-7-16)13-21-11-1-10-20-17-8-4-14(12-19)5-9-17/h2-9H,1,10-13,19H2. The Hall–Kier alpha value is -1.16. The molecule has 112 valence electrons. The van der Waals surface area contributed by atoms with Gasteiger partial charge in [0.1, 0.15) is 5.75 Å². The van der Waals surface area contributed by atoms with E-state index in [2.05, 4.69) is 12.1 Å². The minimum Gasteiger partial charge on any atom is -0.494 e. The number of ether oxygens (including phenoxy) is 1. The van der Waals surface area contributed by atoms with Crippen LogP contribution in [0.2, 0.25) is 5.02 Å². The van der Waals surface area contributed by atoms with Crippen LogP contribution in [0.5, 0.6) is 5.75 Å². The van der Waals surface area contributed by atoms with Gasteiger partial charge in [0, 0.05) is 17.3 Å². The van der Waals surface area contributed by atoms with E-state index in [1.807, 2.05) is 48.2 Å². The molecule has 0 aromatic heterocycles. The third kappa shape index (κ3) is 6.00. The van der Waals surface area contributed by atoms with E-state index < -0.39 is 0 Å². The van der Waals surface area contributed by atoms with E-state index in [9.17, 15) is 0 Å². The number of benzene rings is 2. The van der Waals surface area contributed by atoms with Gasteiger partial charge in [0.15, 0.2) is 0 Å². The number of halogens is 1. The van der Waals surface area contributed by atoms with Crippen LogP contribution in [0.25, 0.3) is 0 Å². The number of rotatable bonds is 8. The summed E-state index contributed by atoms with van der Waals surface area (Å²) in [7, 11) is 0. The zero-order chi connectivity index (χ0) is 14.9. The van der Waals surface area contributed by atoms with Crippen LogP contribution in [0, 0.1) is 0 Å². The molecule has 2 nitrogen and oxygen atoms in total. The summed E-state index contributed by atoms with van der Waals surface area (Å²) in [6.07, 6.45) is 1.04. The van der Waals surface area contributed by atoms with Crippen LogP contribution in [0.15, 0.2) is 48.5 Å². The average molecular weight is 322 g/mol. The van der Waals surface area contributed by atoms with E-state index in [0.29, 0.717) is 6.54 Å². The van der Waals surface area contributed by atoms with Crippen LogP contribution in [-0.2, 0) is 12.3 Å². The number of thioether (sulfide) groups is 1. The van der Waals surface area contributed by atoms with Crippen molar-refractivity contribution in [1.29, 1.82) is 0 Å². The van der Waals surface area contributed by atoms with E-state index in [1.165, 1.54) is 5.56 Å². The Labute approximate surface area is 135 Å². The molecule has 2 aromatic carbocycles. The summed E-state index contributed by atoms with van der Waals surface area (Å²) >= 11 is 7.77. The quantitative estimate of drug-likeness (QED) is 0.727. The SMILES string of the molecule is NCc1ccc(OCCCSCc2ccc(Cl)cc2)cc1. The predicted octanol–water partition coefficient (Wildman–Crippen LogP) is 4.50. The molecule has 4 heteroatoms. The van der Waals surface area contributed by atoms with Gasteiger partial charge in [-0.15, -0.1) is 0 Å². The first-order valence-electron chi connectivity index (χ1n) is 7.02. The van der Waals surface area contributed by atoms with E-state index in [1.54, 1.807) is 0 Å². The maximum atomic E-state index is 5.86. The molecule has 0 spiro atoms. The Morgan fingerprint density at radius 3 is 2.29 bits per heavy atom. The third-order valence-corrected chi connectivity index (χ3v) is 4.41. The molecular weight excluding hydrogens is 302 g/mol. The Morgan fingerprint density at radius 2 is 1.62 bits per heavy atom. The summed E-state index contributed by atoms with van der Waals surface area (Å²) in [6, 6.07) is 16.0. The summed E-state index contributed by atoms with van der Waals surface area (Å²) in [5, 5.41) is 0.790. The summed E-state index contributed by atoms with van der Waals surface area (Å²) in [5.41, 5.74) is 7.99. The van der Waals surface area contributed by atoms with Crippen LogP contribution in [0.1, 0.15) is 17.5 Å². The molecule has 0 saturated heterocycles. The lowest BCUT2D eigenvalue weighted by atomic mass is 10.2. The van der Waals surface area contributed by atoms with E-state index in [4.69, 9.17) is 22.1 Å². The fraction of sp³-hybridized carbons (Fsp3) is 0.294. The smallest absolute Gasteiger partial charge is 0.119 e. The molecule has 0 radical (unpaired) electrons. The zero-order valence-electron chi connectivity index (χ0n) is 11.9. The van der Waals surface area contributed by atoms with Crippen LogP contribution in [0.3, 0.4) is 0 Å². The number of hydrogen-bond donors (Lipinski definition) is 1. The summed E-state index contributed by atoms with van der Waals surface area (Å²) in [6.45, 7) is 1.32. The second kappa shape index (κ2) is 8.98. The van der Waals surface area contributed by atoms with Gasteiger partial charge in [0.2, 0.25) is 0 Å². The van der Waals surface area contributed by atoms with Crippen LogP contribution in [-0.4, -0.2) is 12.4 Å². The molecular formula is C17H20ClNOS. The molecule has 0 aliphatic rings. The minimum atomic E-state index is 0.571. The molecule has 0 fully saturated rings. The molecule has 0 amide bonds. The molecule has 2 rings (SSSR count). The third-order valence-electron chi connectivity index (χ3n) is 3.04. The maximum absolute atomic E-state index is 5.86. The van der Waals surface area contributed by atoms with Crippen LogP contribution >= 0.6 is 23.4 Å². The highest BCUT2D eigenvalue weighted by molar-refractivity contribution is 7.98. The molecule has 2 aromatic rings. The van der Waals surface area contributed by atoms with E-state index in [-0.39, 0.29) is 0 Å². The van der Waals surface area contributed by atoms with Crippen molar-refractivity contribution < 1.29 is 4.74 Å². The molecule has 2 N–H and O–H groups in total. The predicted molar refractivity (Wildman–Crippen MR) is 92.1 cm³/mol. The lowest BCUT2D eigenvalue weighted by Gasteiger charge is -2.07. The maximum Gasteiger partial charge on any atom is 0.119 e. The van der Waals surface area contributed by atoms with Gasteiger partial charge in [-0.1, -0.05) is 35.9 Å². The summed E-state index contributed by atoms with van der Waals surface area (Å²) in [5.74, 6) is 3.01. The molecule has 21 heavy (non-hydrogen) atoms. The minimum absolute atomic E-state index is 0.571. The second-order valence-electron chi connectivity index (χ2n) is 4.73. The normalized spacial score (nSPS) is 10.6. The second-order valence-corrected chi connectivity index (χ2v) is 6.27. The summed E-state index contributed by atoms with van der Waals surface area (Å²) < 4.78 is 5.70. The lowest BCUT2D eigenvalue weighted by molar-refractivity contribution is 0.318. The zero-order valence-corrected chi connectivity index (χ0v) is 13.5. The van der Waals surface area contributed by atoms with Crippen molar-refractivity contribution in [3.05, 3.63) is 64.7 Å². The van der Waals surface area contributed by atoms with Gasteiger partial charge >= 0.3 is 0 Å². The molecule has 0 unspecified atom stereocenters. The molecule has 0 bridgehead atoms. The van der Waals surface area contributed by atoms with Gasteiger partial charge in [-0.25, -0.2) is 0 Å². The van der Waals surface area contributed by atoms with Gasteiger partial charge in [-0.05, 0) is 47.6 Å². The average Bonchev–Trinajstić information content (AvgIpc) is 2.53. The Balaban J connectivity index is 1.58.